The Morgan fingerprint density at radius 1 is 0.960 bits per heavy atom. The fourth-order valence-electron chi connectivity index (χ4n) is 2.20. The normalized spacial score (nSPS) is 12.6. The molecule has 0 unspecified atom stereocenters. The van der Waals surface area contributed by atoms with Crippen molar-refractivity contribution in [2.75, 3.05) is 0 Å². The Morgan fingerprint density at radius 3 is 2.16 bits per heavy atom. The van der Waals surface area contributed by atoms with Gasteiger partial charge in [0.05, 0.1) is 21.6 Å². The minimum Gasteiger partial charge on any atom is -0.406 e. The molecule has 0 saturated carbocycles. The molecule has 0 saturated heterocycles. The molecule has 0 aliphatic heterocycles. The van der Waals surface area contributed by atoms with Crippen molar-refractivity contribution in [2.24, 2.45) is 0 Å². The molecule has 25 heavy (non-hydrogen) atoms. The molecule has 0 atom stereocenters. The van der Waals surface area contributed by atoms with Crippen LogP contribution in [0.25, 0.3) is 22.4 Å². The number of H-pyrrole nitrogens is 1. The molecule has 1 heterocycles. The summed E-state index contributed by atoms with van der Waals surface area (Å²) in [6.45, 7) is 0. The van der Waals surface area contributed by atoms with Crippen LogP contribution in [-0.4, -0.2) is 16.3 Å². The minimum absolute atomic E-state index is 0.0994. The summed E-state index contributed by atoms with van der Waals surface area (Å²) in [5.74, 6) is -0.237. The third kappa shape index (κ3) is 3.81. The van der Waals surface area contributed by atoms with Gasteiger partial charge >= 0.3 is 12.5 Å². The van der Waals surface area contributed by atoms with E-state index in [1.165, 1.54) is 12.1 Å². The van der Waals surface area contributed by atoms with Crippen molar-refractivity contribution in [1.29, 1.82) is 0 Å². The second-order valence-electron chi connectivity index (χ2n) is 5.00. The number of fused-ring (bicyclic) bond motifs is 1. The van der Waals surface area contributed by atoms with Gasteiger partial charge in [-0.2, -0.15) is 13.2 Å². The van der Waals surface area contributed by atoms with Gasteiger partial charge in [-0.1, -0.05) is 11.6 Å². The van der Waals surface area contributed by atoms with Gasteiger partial charge in [0.2, 0.25) is 0 Å². The molecule has 10 heteroatoms. The Balaban J connectivity index is 1.97. The van der Waals surface area contributed by atoms with Crippen LogP contribution in [0.2, 0.25) is 5.02 Å². The predicted octanol–water partition coefficient (Wildman–Crippen LogP) is 5.80. The van der Waals surface area contributed by atoms with E-state index in [2.05, 4.69) is 14.7 Å². The Labute approximate surface area is 141 Å². The molecule has 0 radical (unpaired) electrons. The second-order valence-corrected chi connectivity index (χ2v) is 5.41. The van der Waals surface area contributed by atoms with Gasteiger partial charge in [-0.25, -0.2) is 4.98 Å². The van der Waals surface area contributed by atoms with Gasteiger partial charge in [-0.15, -0.1) is 13.2 Å². The lowest BCUT2D eigenvalue weighted by Crippen LogP contribution is -2.16. The first-order valence-corrected chi connectivity index (χ1v) is 7.03. The standard InChI is InChI=1S/C15H7ClF6N2O/c16-10-6-12-11(5-9(10)14(17,18)19)23-13(24-12)7-1-3-8(4-2-7)25-15(20,21)22/h1-6H,(H,23,24). The first-order chi connectivity index (χ1) is 11.5. The zero-order valence-corrected chi connectivity index (χ0v) is 12.7. The maximum absolute atomic E-state index is 12.9. The van der Waals surface area contributed by atoms with Gasteiger partial charge in [-0.05, 0) is 36.4 Å². The van der Waals surface area contributed by atoms with Gasteiger partial charge in [0, 0.05) is 5.56 Å². The minimum atomic E-state index is -4.81. The highest BCUT2D eigenvalue weighted by atomic mass is 35.5. The molecule has 0 fully saturated rings. The van der Waals surface area contributed by atoms with E-state index in [-0.39, 0.29) is 16.9 Å². The van der Waals surface area contributed by atoms with E-state index < -0.39 is 28.9 Å². The van der Waals surface area contributed by atoms with Gasteiger partial charge in [-0.3, -0.25) is 0 Å². The molecular weight excluding hydrogens is 374 g/mol. The van der Waals surface area contributed by atoms with Crippen LogP contribution in [0.5, 0.6) is 5.75 Å². The van der Waals surface area contributed by atoms with Crippen molar-refractivity contribution in [3.63, 3.8) is 0 Å². The summed E-state index contributed by atoms with van der Waals surface area (Å²) in [4.78, 5) is 6.79. The number of ether oxygens (including phenoxy) is 1. The number of nitrogens with one attached hydrogen (secondary N) is 1. The fraction of sp³-hybridized carbons (Fsp3) is 0.133. The number of hydrogen-bond donors (Lipinski definition) is 1. The zero-order chi connectivity index (χ0) is 18.4. The van der Waals surface area contributed by atoms with E-state index in [4.69, 9.17) is 11.6 Å². The number of rotatable bonds is 2. The summed E-state index contributed by atoms with van der Waals surface area (Å²) in [5, 5.41) is -0.494. The Kier molecular flexibility index (Phi) is 4.06. The number of halogens is 7. The van der Waals surface area contributed by atoms with Gasteiger partial charge in [0.25, 0.3) is 0 Å². The number of imidazole rings is 1. The Bertz CT molecular complexity index is 915. The van der Waals surface area contributed by atoms with Crippen molar-refractivity contribution < 1.29 is 31.1 Å². The Hall–Kier alpha value is -2.42. The smallest absolute Gasteiger partial charge is 0.406 e. The molecule has 0 spiro atoms. The quantitative estimate of drug-likeness (QED) is 0.570. The lowest BCUT2D eigenvalue weighted by molar-refractivity contribution is -0.274. The average Bonchev–Trinajstić information content (AvgIpc) is 2.87. The zero-order valence-electron chi connectivity index (χ0n) is 12.0. The predicted molar refractivity (Wildman–Crippen MR) is 78.2 cm³/mol. The largest absolute Gasteiger partial charge is 0.573 e. The molecule has 0 amide bonds. The number of aromatic nitrogens is 2. The van der Waals surface area contributed by atoms with Crippen LogP contribution in [0.15, 0.2) is 36.4 Å². The topological polar surface area (TPSA) is 37.9 Å². The van der Waals surface area contributed by atoms with Crippen molar-refractivity contribution in [3.05, 3.63) is 47.0 Å². The summed E-state index contributed by atoms with van der Waals surface area (Å²) in [5.41, 5.74) is -0.341. The van der Waals surface area contributed by atoms with Crippen LogP contribution >= 0.6 is 11.6 Å². The molecule has 2 aromatic carbocycles. The van der Waals surface area contributed by atoms with Crippen LogP contribution in [0.3, 0.4) is 0 Å². The highest BCUT2D eigenvalue weighted by molar-refractivity contribution is 6.32. The van der Waals surface area contributed by atoms with Crippen molar-refractivity contribution >= 4 is 22.6 Å². The lowest BCUT2D eigenvalue weighted by atomic mass is 10.2. The fourth-order valence-corrected chi connectivity index (χ4v) is 2.46. The third-order valence-electron chi connectivity index (χ3n) is 3.24. The van der Waals surface area contributed by atoms with Crippen LogP contribution < -0.4 is 4.74 Å². The molecule has 1 N–H and O–H groups in total. The summed E-state index contributed by atoms with van der Waals surface area (Å²) < 4.78 is 78.7. The number of benzene rings is 2. The SMILES string of the molecule is FC(F)(F)Oc1ccc(-c2nc3cc(Cl)c(C(F)(F)F)cc3[nH]2)cc1. The van der Waals surface area contributed by atoms with E-state index in [1.807, 2.05) is 0 Å². The van der Waals surface area contributed by atoms with Gasteiger partial charge in [0.15, 0.2) is 0 Å². The number of hydrogen-bond acceptors (Lipinski definition) is 2. The third-order valence-corrected chi connectivity index (χ3v) is 3.55. The molecule has 3 rings (SSSR count). The summed E-state index contributed by atoms with van der Waals surface area (Å²) in [6, 6.07) is 6.64. The number of aromatic amines is 1. The Morgan fingerprint density at radius 2 is 1.60 bits per heavy atom. The molecule has 0 bridgehead atoms. The van der Waals surface area contributed by atoms with Gasteiger partial charge < -0.3 is 9.72 Å². The van der Waals surface area contributed by atoms with E-state index in [0.29, 0.717) is 5.56 Å². The van der Waals surface area contributed by atoms with Crippen molar-refractivity contribution in [3.8, 4) is 17.1 Å². The molecule has 0 aliphatic rings. The van der Waals surface area contributed by atoms with Crippen molar-refractivity contribution in [1.82, 2.24) is 9.97 Å². The molecule has 3 aromatic rings. The monoisotopic (exact) mass is 380 g/mol. The lowest BCUT2D eigenvalue weighted by Gasteiger charge is -2.08. The van der Waals surface area contributed by atoms with Crippen molar-refractivity contribution in [2.45, 2.75) is 12.5 Å². The van der Waals surface area contributed by atoms with E-state index in [9.17, 15) is 26.3 Å². The maximum atomic E-state index is 12.9. The van der Waals surface area contributed by atoms with E-state index >= 15 is 0 Å². The van der Waals surface area contributed by atoms with Crippen LogP contribution in [-0.2, 0) is 6.18 Å². The molecular formula is C15H7ClF6N2O. The summed E-state index contributed by atoms with van der Waals surface area (Å²) in [6.07, 6.45) is -9.43. The maximum Gasteiger partial charge on any atom is 0.573 e. The molecule has 3 nitrogen and oxygen atoms in total. The van der Waals surface area contributed by atoms with Crippen LogP contribution in [0.1, 0.15) is 5.56 Å². The molecule has 1 aromatic heterocycles. The molecule has 0 aliphatic carbocycles. The van der Waals surface area contributed by atoms with Crippen LogP contribution in [0.4, 0.5) is 26.3 Å². The second kappa shape index (κ2) is 5.83. The first kappa shape index (κ1) is 17.4. The summed E-state index contributed by atoms with van der Waals surface area (Å²) >= 11 is 5.63. The highest BCUT2D eigenvalue weighted by Gasteiger charge is 2.34. The average molecular weight is 381 g/mol. The van der Waals surface area contributed by atoms with E-state index in [0.717, 1.165) is 24.3 Å². The summed E-state index contributed by atoms with van der Waals surface area (Å²) in [7, 11) is 0. The van der Waals surface area contributed by atoms with E-state index in [1.54, 1.807) is 0 Å². The molecule has 132 valence electrons. The van der Waals surface area contributed by atoms with Gasteiger partial charge in [0.1, 0.15) is 11.6 Å². The number of nitrogens with zero attached hydrogens (tertiary/aromatic N) is 1. The number of alkyl halides is 6. The first-order valence-electron chi connectivity index (χ1n) is 6.65. The highest BCUT2D eigenvalue weighted by Crippen LogP contribution is 2.37. The van der Waals surface area contributed by atoms with Crippen LogP contribution in [0, 0.1) is 0 Å².